The zero-order chi connectivity index (χ0) is 23.3. The van der Waals surface area contributed by atoms with Gasteiger partial charge in [0.15, 0.2) is 0 Å². The molecule has 1 amide bonds. The van der Waals surface area contributed by atoms with Crippen LogP contribution >= 0.6 is 22.6 Å². The monoisotopic (exact) mass is 569 g/mol. The molecule has 2 aromatic heterocycles. The molecule has 172 valence electrons. The van der Waals surface area contributed by atoms with Gasteiger partial charge in [-0.15, -0.1) is 0 Å². The molecule has 0 unspecified atom stereocenters. The highest BCUT2D eigenvalue weighted by molar-refractivity contribution is 14.1. The van der Waals surface area contributed by atoms with E-state index < -0.39 is 10.0 Å². The molecule has 3 aromatic rings. The van der Waals surface area contributed by atoms with Crippen molar-refractivity contribution < 1.29 is 17.6 Å². The van der Waals surface area contributed by atoms with Crippen molar-refractivity contribution in [2.24, 2.45) is 0 Å². The minimum atomic E-state index is -3.53. The Morgan fingerprint density at radius 3 is 2.50 bits per heavy atom. The van der Waals surface area contributed by atoms with E-state index in [1.165, 1.54) is 5.56 Å². The van der Waals surface area contributed by atoms with E-state index in [0.29, 0.717) is 32.5 Å². The van der Waals surface area contributed by atoms with Crippen molar-refractivity contribution >= 4 is 49.6 Å². The van der Waals surface area contributed by atoms with Gasteiger partial charge in [-0.3, -0.25) is 4.79 Å². The number of furan rings is 1. The molecule has 0 aliphatic heterocycles. The largest absolute Gasteiger partial charge is 0.437 e. The SMILES string of the molecule is CCCCCNS(=O)(=O)Cc1nc2oc(-c3ccc(CC)cc3)c(C(=O)NC)c2cc1I. The Bertz CT molecular complexity index is 1200. The molecule has 0 bridgehead atoms. The molecule has 3 rings (SSSR count). The van der Waals surface area contributed by atoms with Crippen molar-refractivity contribution in [3.8, 4) is 11.3 Å². The Morgan fingerprint density at radius 2 is 1.88 bits per heavy atom. The molecule has 0 radical (unpaired) electrons. The standard InChI is InChI=1S/C23H28IN3O4S/c1-4-6-7-12-26-32(29,30)14-19-18(24)13-17-20(22(28)25-3)21(31-23(17)27-19)16-10-8-15(5-2)9-11-16/h8-11,13,26H,4-7,12,14H2,1-3H3,(H,25,28). The minimum Gasteiger partial charge on any atom is -0.437 e. The summed E-state index contributed by atoms with van der Waals surface area (Å²) in [5.74, 6) is -0.110. The molecule has 0 aliphatic rings. The first-order chi connectivity index (χ1) is 15.3. The third kappa shape index (κ3) is 5.68. The fourth-order valence-corrected chi connectivity index (χ4v) is 5.43. The Hall–Kier alpha value is -1.98. The Labute approximate surface area is 202 Å². The highest BCUT2D eigenvalue weighted by Gasteiger charge is 2.25. The molecule has 9 heteroatoms. The average Bonchev–Trinajstić information content (AvgIpc) is 3.14. The molecule has 1 aromatic carbocycles. The zero-order valence-corrected chi connectivity index (χ0v) is 21.5. The number of unbranched alkanes of at least 4 members (excludes halogenated alkanes) is 2. The van der Waals surface area contributed by atoms with Crippen molar-refractivity contribution in [1.82, 2.24) is 15.0 Å². The summed E-state index contributed by atoms with van der Waals surface area (Å²) in [6.07, 6.45) is 3.70. The number of hydrogen-bond acceptors (Lipinski definition) is 5. The van der Waals surface area contributed by atoms with Gasteiger partial charge in [-0.25, -0.2) is 18.1 Å². The van der Waals surface area contributed by atoms with E-state index in [9.17, 15) is 13.2 Å². The summed E-state index contributed by atoms with van der Waals surface area (Å²) >= 11 is 2.06. The van der Waals surface area contributed by atoms with Crippen molar-refractivity contribution in [3.05, 3.63) is 50.7 Å². The van der Waals surface area contributed by atoms with Gasteiger partial charge in [0.25, 0.3) is 5.91 Å². The van der Waals surface area contributed by atoms with Gasteiger partial charge in [-0.2, -0.15) is 0 Å². The molecular weight excluding hydrogens is 541 g/mol. The number of amides is 1. The van der Waals surface area contributed by atoms with Crippen molar-refractivity contribution in [2.45, 2.75) is 45.3 Å². The maximum Gasteiger partial charge on any atom is 0.255 e. The van der Waals surface area contributed by atoms with Gasteiger partial charge in [-0.05, 0) is 47.1 Å². The molecule has 0 saturated heterocycles. The maximum absolute atomic E-state index is 12.7. The molecule has 0 fully saturated rings. The van der Waals surface area contributed by atoms with E-state index in [1.54, 1.807) is 13.1 Å². The lowest BCUT2D eigenvalue weighted by molar-refractivity contribution is 0.0964. The van der Waals surface area contributed by atoms with E-state index in [-0.39, 0.29) is 17.4 Å². The molecule has 32 heavy (non-hydrogen) atoms. The van der Waals surface area contributed by atoms with E-state index in [1.807, 2.05) is 24.3 Å². The maximum atomic E-state index is 12.7. The molecule has 0 aliphatic carbocycles. The van der Waals surface area contributed by atoms with Gasteiger partial charge in [-0.1, -0.05) is 51.0 Å². The van der Waals surface area contributed by atoms with Crippen molar-refractivity contribution in [1.29, 1.82) is 0 Å². The second kappa shape index (κ2) is 10.8. The Morgan fingerprint density at radius 1 is 1.16 bits per heavy atom. The van der Waals surface area contributed by atoms with Gasteiger partial charge >= 0.3 is 0 Å². The quantitative estimate of drug-likeness (QED) is 0.274. The van der Waals surface area contributed by atoms with Crippen LogP contribution in [0.25, 0.3) is 22.4 Å². The minimum absolute atomic E-state index is 0.245. The third-order valence-corrected chi connectivity index (χ3v) is 7.45. The predicted octanol–water partition coefficient (Wildman–Crippen LogP) is 4.63. The number of halogens is 1. The van der Waals surface area contributed by atoms with E-state index in [2.05, 4.69) is 51.5 Å². The van der Waals surface area contributed by atoms with Crippen LogP contribution in [-0.4, -0.2) is 32.9 Å². The third-order valence-electron chi connectivity index (χ3n) is 5.22. The average molecular weight is 569 g/mol. The molecule has 2 N–H and O–H groups in total. The van der Waals surface area contributed by atoms with Crippen LogP contribution in [0.5, 0.6) is 0 Å². The Balaban J connectivity index is 2.01. The molecule has 0 saturated carbocycles. The normalized spacial score (nSPS) is 11.8. The summed E-state index contributed by atoms with van der Waals surface area (Å²) in [7, 11) is -1.96. The first-order valence-corrected chi connectivity index (χ1v) is 13.4. The highest BCUT2D eigenvalue weighted by Crippen LogP contribution is 2.34. The molecule has 0 atom stereocenters. The van der Waals surface area contributed by atoms with Gasteiger partial charge in [0.05, 0.1) is 16.6 Å². The zero-order valence-electron chi connectivity index (χ0n) is 18.5. The highest BCUT2D eigenvalue weighted by atomic mass is 127. The van der Waals surface area contributed by atoms with E-state index in [4.69, 9.17) is 4.42 Å². The number of carbonyl (C=O) groups is 1. The lowest BCUT2D eigenvalue weighted by Crippen LogP contribution is -2.26. The number of hydrogen-bond donors (Lipinski definition) is 2. The molecule has 2 heterocycles. The number of aryl methyl sites for hydroxylation is 1. The van der Waals surface area contributed by atoms with Crippen LogP contribution < -0.4 is 10.0 Å². The number of sulfonamides is 1. The van der Waals surface area contributed by atoms with Gasteiger partial charge in [0, 0.05) is 22.7 Å². The summed E-state index contributed by atoms with van der Waals surface area (Å²) in [5, 5.41) is 3.22. The number of benzene rings is 1. The smallest absolute Gasteiger partial charge is 0.255 e. The summed E-state index contributed by atoms with van der Waals surface area (Å²) in [6.45, 7) is 4.56. The van der Waals surface area contributed by atoms with Crippen LogP contribution in [0.1, 0.15) is 54.7 Å². The van der Waals surface area contributed by atoms with E-state index in [0.717, 1.165) is 31.2 Å². The second-order valence-electron chi connectivity index (χ2n) is 7.57. The van der Waals surface area contributed by atoms with E-state index >= 15 is 0 Å². The molecular formula is C23H28IN3O4S. The summed E-state index contributed by atoms with van der Waals surface area (Å²) in [4.78, 5) is 17.2. The summed E-state index contributed by atoms with van der Waals surface area (Å²) < 4.78 is 34.3. The number of nitrogens with one attached hydrogen (secondary N) is 2. The number of nitrogens with zero attached hydrogens (tertiary/aromatic N) is 1. The van der Waals surface area contributed by atoms with Gasteiger partial charge in [0.1, 0.15) is 11.5 Å². The van der Waals surface area contributed by atoms with Crippen LogP contribution in [0, 0.1) is 3.57 Å². The number of fused-ring (bicyclic) bond motifs is 1. The number of rotatable bonds is 10. The lowest BCUT2D eigenvalue weighted by atomic mass is 10.0. The van der Waals surface area contributed by atoms with Crippen LogP contribution in [0.2, 0.25) is 0 Å². The Kier molecular flexibility index (Phi) is 8.29. The van der Waals surface area contributed by atoms with Crippen molar-refractivity contribution in [2.75, 3.05) is 13.6 Å². The number of pyridine rings is 1. The predicted molar refractivity (Wildman–Crippen MR) is 135 cm³/mol. The van der Waals surface area contributed by atoms with Crippen molar-refractivity contribution in [3.63, 3.8) is 0 Å². The molecule has 0 spiro atoms. The van der Waals surface area contributed by atoms with Crippen LogP contribution in [-0.2, 0) is 22.2 Å². The van der Waals surface area contributed by atoms with Crippen LogP contribution in [0.15, 0.2) is 34.7 Å². The summed E-state index contributed by atoms with van der Waals surface area (Å²) in [6, 6.07) is 9.59. The van der Waals surface area contributed by atoms with Gasteiger partial charge in [0.2, 0.25) is 15.7 Å². The second-order valence-corrected chi connectivity index (χ2v) is 10.5. The summed E-state index contributed by atoms with van der Waals surface area (Å²) in [5.41, 5.74) is 2.98. The first-order valence-electron chi connectivity index (χ1n) is 10.7. The fourth-order valence-electron chi connectivity index (χ4n) is 3.42. The first kappa shape index (κ1) is 24.7. The molecule has 7 nitrogen and oxygen atoms in total. The lowest BCUT2D eigenvalue weighted by Gasteiger charge is -2.07. The topological polar surface area (TPSA) is 101 Å². The number of aromatic nitrogens is 1. The fraction of sp³-hybridized carbons (Fsp3) is 0.391. The van der Waals surface area contributed by atoms with Gasteiger partial charge < -0.3 is 9.73 Å². The number of carbonyl (C=O) groups excluding carboxylic acids is 1. The van der Waals surface area contributed by atoms with Crippen LogP contribution in [0.3, 0.4) is 0 Å². The van der Waals surface area contributed by atoms with Crippen LogP contribution in [0.4, 0.5) is 0 Å².